The first kappa shape index (κ1) is 13.8. The van der Waals surface area contributed by atoms with Crippen LogP contribution in [0.4, 0.5) is 4.39 Å². The van der Waals surface area contributed by atoms with Gasteiger partial charge in [0.15, 0.2) is 0 Å². The lowest BCUT2D eigenvalue weighted by atomic mass is 10.2. The predicted octanol–water partition coefficient (Wildman–Crippen LogP) is 2.48. The monoisotopic (exact) mass is 304 g/mol. The van der Waals surface area contributed by atoms with Crippen molar-refractivity contribution >= 4 is 20.9 Å². The number of aromatic nitrogens is 1. The fourth-order valence-electron chi connectivity index (χ4n) is 2.38. The Bertz CT molecular complexity index is 916. The van der Waals surface area contributed by atoms with Crippen LogP contribution in [-0.4, -0.2) is 13.0 Å². The molecule has 0 amide bonds. The van der Waals surface area contributed by atoms with E-state index in [1.54, 1.807) is 47.0 Å². The molecular formula is C15H13FN2O2S. The Balaban J connectivity index is 2.18. The highest BCUT2D eigenvalue weighted by Gasteiger charge is 2.17. The molecule has 21 heavy (non-hydrogen) atoms. The van der Waals surface area contributed by atoms with Gasteiger partial charge in [-0.15, -0.1) is 0 Å². The van der Waals surface area contributed by atoms with Crippen molar-refractivity contribution in [3.63, 3.8) is 0 Å². The summed E-state index contributed by atoms with van der Waals surface area (Å²) in [7, 11) is -3.83. The third-order valence-electron chi connectivity index (χ3n) is 3.36. The van der Waals surface area contributed by atoms with Gasteiger partial charge >= 0.3 is 0 Å². The van der Waals surface area contributed by atoms with E-state index in [9.17, 15) is 12.8 Å². The van der Waals surface area contributed by atoms with Gasteiger partial charge in [0.1, 0.15) is 10.7 Å². The zero-order chi connectivity index (χ0) is 15.0. The summed E-state index contributed by atoms with van der Waals surface area (Å²) in [5.41, 5.74) is 1.18. The highest BCUT2D eigenvalue weighted by Crippen LogP contribution is 2.25. The third kappa shape index (κ3) is 2.55. The van der Waals surface area contributed by atoms with Crippen LogP contribution in [0.25, 0.3) is 10.9 Å². The van der Waals surface area contributed by atoms with Crippen molar-refractivity contribution in [2.45, 2.75) is 11.4 Å². The van der Waals surface area contributed by atoms with Crippen molar-refractivity contribution < 1.29 is 12.8 Å². The summed E-state index contributed by atoms with van der Waals surface area (Å²) in [5, 5.41) is 5.78. The van der Waals surface area contributed by atoms with Crippen molar-refractivity contribution in [1.29, 1.82) is 0 Å². The van der Waals surface area contributed by atoms with E-state index in [2.05, 4.69) is 0 Å². The largest absolute Gasteiger partial charge is 0.342 e. The van der Waals surface area contributed by atoms with Crippen LogP contribution < -0.4 is 5.14 Å². The van der Waals surface area contributed by atoms with Crippen LogP contribution in [0.1, 0.15) is 5.56 Å². The number of halogens is 1. The van der Waals surface area contributed by atoms with Crippen LogP contribution in [-0.2, 0) is 16.6 Å². The smallest absolute Gasteiger partial charge is 0.240 e. The van der Waals surface area contributed by atoms with Gasteiger partial charge in [-0.3, -0.25) is 0 Å². The maximum absolute atomic E-state index is 13.8. The number of para-hydroxylation sites is 1. The molecule has 3 aromatic rings. The molecule has 0 spiro atoms. The van der Waals surface area contributed by atoms with E-state index in [-0.39, 0.29) is 17.3 Å². The SMILES string of the molecule is NS(=O)(=O)c1cn(Cc2ccccc2F)c2ccccc12. The van der Waals surface area contributed by atoms with Gasteiger partial charge in [-0.25, -0.2) is 17.9 Å². The van der Waals surface area contributed by atoms with Crippen molar-refractivity contribution in [3.05, 3.63) is 66.1 Å². The minimum absolute atomic E-state index is 0.0504. The summed E-state index contributed by atoms with van der Waals surface area (Å²) in [4.78, 5) is 0.0504. The zero-order valence-electron chi connectivity index (χ0n) is 11.0. The summed E-state index contributed by atoms with van der Waals surface area (Å²) < 4.78 is 38.8. The van der Waals surface area contributed by atoms with E-state index in [1.807, 2.05) is 0 Å². The molecule has 0 fully saturated rings. The molecule has 0 saturated carbocycles. The number of sulfonamides is 1. The summed E-state index contributed by atoms with van der Waals surface area (Å²) in [6, 6.07) is 13.4. The molecule has 6 heteroatoms. The van der Waals surface area contributed by atoms with E-state index in [0.29, 0.717) is 16.5 Å². The first-order chi connectivity index (χ1) is 9.97. The second-order valence-corrected chi connectivity index (χ2v) is 6.30. The van der Waals surface area contributed by atoms with E-state index >= 15 is 0 Å². The molecule has 108 valence electrons. The zero-order valence-corrected chi connectivity index (χ0v) is 11.8. The molecule has 0 bridgehead atoms. The van der Waals surface area contributed by atoms with Gasteiger partial charge in [-0.1, -0.05) is 36.4 Å². The highest BCUT2D eigenvalue weighted by molar-refractivity contribution is 7.89. The van der Waals surface area contributed by atoms with Crippen LogP contribution in [0.15, 0.2) is 59.6 Å². The van der Waals surface area contributed by atoms with Gasteiger partial charge in [-0.2, -0.15) is 0 Å². The fourth-order valence-corrected chi connectivity index (χ4v) is 3.13. The topological polar surface area (TPSA) is 65.1 Å². The fraction of sp³-hybridized carbons (Fsp3) is 0.0667. The standard InChI is InChI=1S/C15H13FN2O2S/c16-13-7-3-1-5-11(13)9-18-10-15(21(17,19)20)12-6-2-4-8-14(12)18/h1-8,10H,9H2,(H2,17,19,20). The van der Waals surface area contributed by atoms with Gasteiger partial charge in [0.2, 0.25) is 10.0 Å². The van der Waals surface area contributed by atoms with Gasteiger partial charge < -0.3 is 4.57 Å². The quantitative estimate of drug-likeness (QED) is 0.808. The number of nitrogens with zero attached hydrogens (tertiary/aromatic N) is 1. The lowest BCUT2D eigenvalue weighted by Gasteiger charge is -2.06. The summed E-state index contributed by atoms with van der Waals surface area (Å²) in [6.45, 7) is 0.239. The molecule has 2 aromatic carbocycles. The molecule has 0 aliphatic carbocycles. The highest BCUT2D eigenvalue weighted by atomic mass is 32.2. The lowest BCUT2D eigenvalue weighted by Crippen LogP contribution is -2.11. The minimum Gasteiger partial charge on any atom is -0.342 e. The van der Waals surface area contributed by atoms with Gasteiger partial charge in [0.25, 0.3) is 0 Å². The minimum atomic E-state index is -3.83. The van der Waals surface area contributed by atoms with Gasteiger partial charge in [0, 0.05) is 22.7 Å². The maximum Gasteiger partial charge on any atom is 0.240 e. The normalized spacial score (nSPS) is 11.9. The number of primary sulfonamides is 1. The Morgan fingerprint density at radius 1 is 1.05 bits per heavy atom. The van der Waals surface area contributed by atoms with Crippen LogP contribution >= 0.6 is 0 Å². The Labute approximate surface area is 121 Å². The van der Waals surface area contributed by atoms with Gasteiger partial charge in [0.05, 0.1) is 6.54 Å². The summed E-state index contributed by atoms with van der Waals surface area (Å²) >= 11 is 0. The van der Waals surface area contributed by atoms with Crippen LogP contribution in [0.3, 0.4) is 0 Å². The molecular weight excluding hydrogens is 291 g/mol. The van der Waals surface area contributed by atoms with Crippen molar-refractivity contribution in [3.8, 4) is 0 Å². The average Bonchev–Trinajstić information content (AvgIpc) is 2.81. The number of fused-ring (bicyclic) bond motifs is 1. The van der Waals surface area contributed by atoms with Crippen molar-refractivity contribution in [2.24, 2.45) is 5.14 Å². The molecule has 0 aliphatic rings. The number of rotatable bonds is 3. The number of hydrogen-bond donors (Lipinski definition) is 1. The maximum atomic E-state index is 13.8. The first-order valence-electron chi connectivity index (χ1n) is 6.31. The van der Waals surface area contributed by atoms with E-state index in [0.717, 1.165) is 0 Å². The molecule has 0 radical (unpaired) electrons. The summed E-state index contributed by atoms with van der Waals surface area (Å²) in [5.74, 6) is -0.326. The lowest BCUT2D eigenvalue weighted by molar-refractivity contribution is 0.596. The van der Waals surface area contributed by atoms with E-state index < -0.39 is 10.0 Å². The molecule has 0 unspecified atom stereocenters. The molecule has 0 aliphatic heterocycles. The predicted molar refractivity (Wildman–Crippen MR) is 78.8 cm³/mol. The van der Waals surface area contributed by atoms with Crippen LogP contribution in [0, 0.1) is 5.82 Å². The molecule has 1 heterocycles. The Kier molecular flexibility index (Phi) is 3.27. The second-order valence-electron chi connectivity index (χ2n) is 4.77. The average molecular weight is 304 g/mol. The summed E-state index contributed by atoms with van der Waals surface area (Å²) in [6.07, 6.45) is 1.45. The molecule has 1 aromatic heterocycles. The molecule has 3 rings (SSSR count). The number of hydrogen-bond acceptors (Lipinski definition) is 2. The molecule has 0 saturated heterocycles. The van der Waals surface area contributed by atoms with Crippen LogP contribution in [0.5, 0.6) is 0 Å². The van der Waals surface area contributed by atoms with Crippen LogP contribution in [0.2, 0.25) is 0 Å². The molecule has 2 N–H and O–H groups in total. The number of nitrogens with two attached hydrogens (primary N) is 1. The first-order valence-corrected chi connectivity index (χ1v) is 7.85. The molecule has 4 nitrogen and oxygen atoms in total. The number of benzene rings is 2. The molecule has 0 atom stereocenters. The third-order valence-corrected chi connectivity index (χ3v) is 4.30. The van der Waals surface area contributed by atoms with E-state index in [4.69, 9.17) is 5.14 Å². The Morgan fingerprint density at radius 2 is 1.71 bits per heavy atom. The van der Waals surface area contributed by atoms with E-state index in [1.165, 1.54) is 12.3 Å². The van der Waals surface area contributed by atoms with Crippen molar-refractivity contribution in [1.82, 2.24) is 4.57 Å². The Hall–Kier alpha value is -2.18. The Morgan fingerprint density at radius 3 is 2.43 bits per heavy atom. The second kappa shape index (κ2) is 4.98. The van der Waals surface area contributed by atoms with Gasteiger partial charge in [-0.05, 0) is 12.1 Å². The van der Waals surface area contributed by atoms with Crippen molar-refractivity contribution in [2.75, 3.05) is 0 Å².